The molecule has 0 aromatic heterocycles. The van der Waals surface area contributed by atoms with Crippen LogP contribution in [-0.4, -0.2) is 41.5 Å². The first-order valence-electron chi connectivity index (χ1n) is 9.01. The van der Waals surface area contributed by atoms with E-state index in [9.17, 15) is 4.79 Å². The minimum absolute atomic E-state index is 0.107. The molecular weight excluding hydrogens is 294 g/mol. The van der Waals surface area contributed by atoms with Crippen LogP contribution in [0.2, 0.25) is 0 Å². The first-order valence-corrected chi connectivity index (χ1v) is 9.01. The van der Waals surface area contributed by atoms with Gasteiger partial charge in [0.2, 0.25) is 0 Å². The van der Waals surface area contributed by atoms with E-state index in [0.717, 1.165) is 64.3 Å². The van der Waals surface area contributed by atoms with Gasteiger partial charge in [0.15, 0.2) is 0 Å². The fraction of sp³-hybridized carbons (Fsp3) is 0.944. The largest absolute Gasteiger partial charge is 0.460 e. The summed E-state index contributed by atoms with van der Waals surface area (Å²) in [5.74, 6) is -0.107. The number of nitrogens with two attached hydrogens (primary N) is 1. The number of carbonyl (C=O) groups excluding carboxylic acids is 1. The van der Waals surface area contributed by atoms with Crippen LogP contribution in [0.5, 0.6) is 0 Å². The van der Waals surface area contributed by atoms with Gasteiger partial charge in [-0.3, -0.25) is 4.79 Å². The van der Waals surface area contributed by atoms with Crippen LogP contribution in [0.25, 0.3) is 0 Å². The van der Waals surface area contributed by atoms with Gasteiger partial charge in [-0.2, -0.15) is 0 Å². The summed E-state index contributed by atoms with van der Waals surface area (Å²) in [6.07, 6.45) is 9.75. The second-order valence-electron chi connectivity index (χ2n) is 6.75. The molecule has 0 unspecified atom stereocenters. The van der Waals surface area contributed by atoms with Crippen LogP contribution in [0.4, 0.5) is 0 Å². The molecule has 0 aliphatic carbocycles. The van der Waals surface area contributed by atoms with E-state index in [0.29, 0.717) is 13.0 Å². The molecule has 0 radical (unpaired) electrons. The van der Waals surface area contributed by atoms with E-state index in [1.54, 1.807) is 0 Å². The summed E-state index contributed by atoms with van der Waals surface area (Å²) in [5, 5.41) is 16.9. The summed E-state index contributed by atoms with van der Waals surface area (Å²) in [7, 11) is 0. The van der Waals surface area contributed by atoms with Gasteiger partial charge in [0.1, 0.15) is 5.60 Å². The summed E-state index contributed by atoms with van der Waals surface area (Å²) in [6, 6.07) is 0. The van der Waals surface area contributed by atoms with Gasteiger partial charge in [-0.05, 0) is 53.0 Å². The number of carbonyl (C=O) groups is 1. The second kappa shape index (κ2) is 17.7. The van der Waals surface area contributed by atoms with Crippen LogP contribution in [0.3, 0.4) is 0 Å². The standard InChI is InChI=1S/C12H24O3.C6H15NO/c1-12(2,3)15-11(14)9-7-5-4-6-8-10-13;7-5-3-1-2-4-6-8/h13H,4-10H2,1-3H3;8H,1-7H2. The Bertz CT molecular complexity index is 246. The molecule has 0 aromatic rings. The zero-order chi connectivity index (χ0) is 18.0. The van der Waals surface area contributed by atoms with Gasteiger partial charge < -0.3 is 20.7 Å². The highest BCUT2D eigenvalue weighted by molar-refractivity contribution is 5.69. The van der Waals surface area contributed by atoms with Crippen LogP contribution in [0.1, 0.15) is 85.0 Å². The monoisotopic (exact) mass is 333 g/mol. The molecule has 0 spiro atoms. The molecule has 0 rings (SSSR count). The smallest absolute Gasteiger partial charge is 0.306 e. The number of aliphatic hydroxyl groups excluding tert-OH is 2. The highest BCUT2D eigenvalue weighted by Crippen LogP contribution is 2.11. The van der Waals surface area contributed by atoms with Crippen molar-refractivity contribution in [3.05, 3.63) is 0 Å². The fourth-order valence-electron chi connectivity index (χ4n) is 1.91. The first kappa shape index (κ1) is 24.6. The Balaban J connectivity index is 0. The number of rotatable bonds is 12. The Hall–Kier alpha value is -0.650. The maximum Gasteiger partial charge on any atom is 0.306 e. The average molecular weight is 334 g/mol. The maximum absolute atomic E-state index is 11.3. The molecule has 0 heterocycles. The van der Waals surface area contributed by atoms with E-state index in [1.165, 1.54) is 0 Å². The molecule has 0 saturated carbocycles. The van der Waals surface area contributed by atoms with Crippen molar-refractivity contribution in [2.24, 2.45) is 5.73 Å². The van der Waals surface area contributed by atoms with Crippen molar-refractivity contribution in [2.45, 2.75) is 90.6 Å². The van der Waals surface area contributed by atoms with Crippen LogP contribution in [0, 0.1) is 0 Å². The highest BCUT2D eigenvalue weighted by Gasteiger charge is 2.15. The summed E-state index contributed by atoms with van der Waals surface area (Å²) in [5.41, 5.74) is 4.88. The lowest BCUT2D eigenvalue weighted by Crippen LogP contribution is -2.23. The average Bonchev–Trinajstić information content (AvgIpc) is 2.46. The van der Waals surface area contributed by atoms with Crippen molar-refractivity contribution in [3.8, 4) is 0 Å². The molecule has 0 aromatic carbocycles. The lowest BCUT2D eigenvalue weighted by molar-refractivity contribution is -0.154. The van der Waals surface area contributed by atoms with Gasteiger partial charge in [0.05, 0.1) is 0 Å². The zero-order valence-corrected chi connectivity index (χ0v) is 15.5. The molecule has 0 bridgehead atoms. The number of ether oxygens (including phenoxy) is 1. The van der Waals surface area contributed by atoms with Crippen LogP contribution >= 0.6 is 0 Å². The normalized spacial score (nSPS) is 10.9. The van der Waals surface area contributed by atoms with Crippen LogP contribution in [-0.2, 0) is 9.53 Å². The first-order chi connectivity index (χ1) is 10.9. The van der Waals surface area contributed by atoms with Crippen LogP contribution in [0.15, 0.2) is 0 Å². The zero-order valence-electron chi connectivity index (χ0n) is 15.5. The quantitative estimate of drug-likeness (QED) is 0.377. The van der Waals surface area contributed by atoms with E-state index < -0.39 is 0 Å². The lowest BCUT2D eigenvalue weighted by Gasteiger charge is -2.19. The van der Waals surface area contributed by atoms with Gasteiger partial charge in [0, 0.05) is 19.6 Å². The maximum atomic E-state index is 11.3. The molecule has 4 N–H and O–H groups in total. The molecular formula is C18H39NO4. The van der Waals surface area contributed by atoms with Gasteiger partial charge in [-0.25, -0.2) is 0 Å². The minimum Gasteiger partial charge on any atom is -0.460 e. The topological polar surface area (TPSA) is 92.8 Å². The summed E-state index contributed by atoms with van der Waals surface area (Å²) in [4.78, 5) is 11.3. The molecule has 5 nitrogen and oxygen atoms in total. The predicted octanol–water partition coefficient (Wildman–Crippen LogP) is 3.16. The molecule has 140 valence electrons. The molecule has 0 amide bonds. The molecule has 0 fully saturated rings. The Kier molecular flexibility index (Phi) is 18.9. The third-order valence-electron chi connectivity index (χ3n) is 3.07. The summed E-state index contributed by atoms with van der Waals surface area (Å²) >= 11 is 0. The number of hydrogen-bond donors (Lipinski definition) is 3. The van der Waals surface area contributed by atoms with Crippen molar-refractivity contribution in [1.82, 2.24) is 0 Å². The van der Waals surface area contributed by atoms with E-state index in [2.05, 4.69) is 0 Å². The summed E-state index contributed by atoms with van der Waals surface area (Å²) in [6.45, 7) is 7.02. The minimum atomic E-state index is -0.367. The Morgan fingerprint density at radius 3 is 1.70 bits per heavy atom. The third-order valence-corrected chi connectivity index (χ3v) is 3.07. The SMILES string of the molecule is CC(C)(C)OC(=O)CCCCCCCO.NCCCCCCO. The van der Waals surface area contributed by atoms with Crippen molar-refractivity contribution < 1.29 is 19.7 Å². The molecule has 5 heteroatoms. The third kappa shape index (κ3) is 26.6. The van der Waals surface area contributed by atoms with Crippen molar-refractivity contribution in [3.63, 3.8) is 0 Å². The van der Waals surface area contributed by atoms with Crippen LogP contribution < -0.4 is 5.73 Å². The van der Waals surface area contributed by atoms with Gasteiger partial charge in [-0.15, -0.1) is 0 Å². The lowest BCUT2D eigenvalue weighted by atomic mass is 10.1. The molecule has 0 aliphatic rings. The predicted molar refractivity (Wildman–Crippen MR) is 95.2 cm³/mol. The molecule has 23 heavy (non-hydrogen) atoms. The van der Waals surface area contributed by atoms with Crippen molar-refractivity contribution >= 4 is 5.97 Å². The second-order valence-corrected chi connectivity index (χ2v) is 6.75. The molecule has 0 aliphatic heterocycles. The van der Waals surface area contributed by atoms with Crippen molar-refractivity contribution in [2.75, 3.05) is 19.8 Å². The number of unbranched alkanes of at least 4 members (excludes halogenated alkanes) is 7. The summed E-state index contributed by atoms with van der Waals surface area (Å²) < 4.78 is 5.19. The number of aliphatic hydroxyl groups is 2. The molecule has 0 saturated heterocycles. The van der Waals surface area contributed by atoms with Gasteiger partial charge in [-0.1, -0.05) is 32.1 Å². The number of hydrogen-bond acceptors (Lipinski definition) is 5. The molecule has 0 atom stereocenters. The van der Waals surface area contributed by atoms with Gasteiger partial charge >= 0.3 is 5.97 Å². The van der Waals surface area contributed by atoms with Gasteiger partial charge in [0.25, 0.3) is 0 Å². The highest BCUT2D eigenvalue weighted by atomic mass is 16.6. The van der Waals surface area contributed by atoms with E-state index in [-0.39, 0.29) is 18.2 Å². The fourth-order valence-corrected chi connectivity index (χ4v) is 1.91. The Morgan fingerprint density at radius 2 is 1.26 bits per heavy atom. The Labute approximate surface area is 142 Å². The Morgan fingerprint density at radius 1 is 0.826 bits per heavy atom. The van der Waals surface area contributed by atoms with E-state index in [4.69, 9.17) is 20.7 Å². The van der Waals surface area contributed by atoms with E-state index >= 15 is 0 Å². The van der Waals surface area contributed by atoms with Crippen molar-refractivity contribution in [1.29, 1.82) is 0 Å². The number of esters is 1. The van der Waals surface area contributed by atoms with E-state index in [1.807, 2.05) is 20.8 Å².